The number of carbonyl (C=O) groups excluding carboxylic acids is 1. The molecule has 5 nitrogen and oxygen atoms in total. The van der Waals surface area contributed by atoms with Crippen LogP contribution in [0.15, 0.2) is 59.0 Å². The number of amides is 1. The Balaban J connectivity index is 1.30. The Morgan fingerprint density at radius 3 is 2.55 bits per heavy atom. The number of carbonyl (C=O) groups is 1. The molecule has 0 N–H and O–H groups in total. The minimum Gasteiger partial charge on any atom is -0.484 e. The van der Waals surface area contributed by atoms with E-state index in [-0.39, 0.29) is 18.3 Å². The molecule has 0 spiro atoms. The molecule has 0 unspecified atom stereocenters. The molecule has 1 amide bonds. The van der Waals surface area contributed by atoms with Crippen molar-refractivity contribution in [2.45, 2.75) is 13.2 Å². The highest BCUT2D eigenvalue weighted by Gasteiger charge is 2.25. The van der Waals surface area contributed by atoms with Gasteiger partial charge in [0.1, 0.15) is 18.1 Å². The summed E-state index contributed by atoms with van der Waals surface area (Å²) >= 11 is 6.07. The van der Waals surface area contributed by atoms with Crippen LogP contribution in [0.5, 0.6) is 5.75 Å². The number of halogens is 3. The monoisotopic (exact) mass is 446 g/mol. The molecule has 0 saturated carbocycles. The van der Waals surface area contributed by atoms with Gasteiger partial charge in [0.15, 0.2) is 17.4 Å². The van der Waals surface area contributed by atoms with Crippen molar-refractivity contribution in [3.05, 3.63) is 88.3 Å². The highest BCUT2D eigenvalue weighted by atomic mass is 35.5. The van der Waals surface area contributed by atoms with Gasteiger partial charge in [-0.05, 0) is 30.3 Å². The lowest BCUT2D eigenvalue weighted by molar-refractivity contribution is 0.0592. The SMILES string of the molecule is O=C(c1ccc(COc2ccccc2Cl)o1)N1CCN(Cc2cccc(F)c2F)CC1. The van der Waals surface area contributed by atoms with Gasteiger partial charge in [-0.15, -0.1) is 0 Å². The Morgan fingerprint density at radius 2 is 1.77 bits per heavy atom. The van der Waals surface area contributed by atoms with E-state index < -0.39 is 11.6 Å². The van der Waals surface area contributed by atoms with Crippen LogP contribution in [0.1, 0.15) is 21.9 Å². The van der Waals surface area contributed by atoms with Crippen LogP contribution in [0.3, 0.4) is 0 Å². The molecule has 162 valence electrons. The number of nitrogens with zero attached hydrogens (tertiary/aromatic N) is 2. The van der Waals surface area contributed by atoms with Gasteiger partial charge in [0.25, 0.3) is 5.91 Å². The molecular weight excluding hydrogens is 426 g/mol. The third-order valence-electron chi connectivity index (χ3n) is 5.16. The molecule has 2 heterocycles. The Morgan fingerprint density at radius 1 is 1.00 bits per heavy atom. The molecule has 3 aromatic rings. The van der Waals surface area contributed by atoms with Crippen molar-refractivity contribution in [1.82, 2.24) is 9.80 Å². The molecule has 1 saturated heterocycles. The molecule has 1 aliphatic rings. The van der Waals surface area contributed by atoms with Gasteiger partial charge in [-0.1, -0.05) is 35.9 Å². The summed E-state index contributed by atoms with van der Waals surface area (Å²) in [6, 6.07) is 14.6. The molecule has 0 atom stereocenters. The second-order valence-electron chi connectivity index (χ2n) is 7.27. The zero-order valence-electron chi connectivity index (χ0n) is 16.7. The van der Waals surface area contributed by atoms with Gasteiger partial charge in [0.05, 0.1) is 5.02 Å². The van der Waals surface area contributed by atoms with Gasteiger partial charge in [-0.2, -0.15) is 0 Å². The quantitative estimate of drug-likeness (QED) is 0.548. The first-order valence-corrected chi connectivity index (χ1v) is 10.3. The van der Waals surface area contributed by atoms with E-state index >= 15 is 0 Å². The van der Waals surface area contributed by atoms with Crippen molar-refractivity contribution < 1.29 is 22.7 Å². The zero-order chi connectivity index (χ0) is 21.8. The first-order chi connectivity index (χ1) is 15.0. The molecule has 1 fully saturated rings. The molecule has 0 aliphatic carbocycles. The molecule has 1 aliphatic heterocycles. The summed E-state index contributed by atoms with van der Waals surface area (Å²) in [5, 5.41) is 0.501. The van der Waals surface area contributed by atoms with Gasteiger partial charge >= 0.3 is 0 Å². The van der Waals surface area contributed by atoms with E-state index in [9.17, 15) is 13.6 Å². The van der Waals surface area contributed by atoms with Crippen LogP contribution >= 0.6 is 11.6 Å². The van der Waals surface area contributed by atoms with E-state index in [1.165, 1.54) is 6.07 Å². The first kappa shape index (κ1) is 21.3. The highest BCUT2D eigenvalue weighted by molar-refractivity contribution is 6.32. The topological polar surface area (TPSA) is 45.9 Å². The van der Waals surface area contributed by atoms with E-state index in [2.05, 4.69) is 0 Å². The maximum absolute atomic E-state index is 13.9. The van der Waals surface area contributed by atoms with Crippen molar-refractivity contribution >= 4 is 17.5 Å². The van der Waals surface area contributed by atoms with Crippen molar-refractivity contribution in [2.75, 3.05) is 26.2 Å². The lowest BCUT2D eigenvalue weighted by Crippen LogP contribution is -2.48. The predicted octanol–water partition coefficient (Wildman–Crippen LogP) is 4.75. The Labute approximate surface area is 183 Å². The third kappa shape index (κ3) is 5.06. The largest absolute Gasteiger partial charge is 0.484 e. The Hall–Kier alpha value is -2.90. The zero-order valence-corrected chi connectivity index (χ0v) is 17.4. The summed E-state index contributed by atoms with van der Waals surface area (Å²) in [7, 11) is 0. The van der Waals surface area contributed by atoms with E-state index in [1.807, 2.05) is 17.0 Å². The summed E-state index contributed by atoms with van der Waals surface area (Å²) in [5.74, 6) is -0.577. The molecule has 2 aromatic carbocycles. The molecule has 31 heavy (non-hydrogen) atoms. The van der Waals surface area contributed by atoms with Gasteiger partial charge in [-0.25, -0.2) is 8.78 Å². The Kier molecular flexibility index (Phi) is 6.53. The molecule has 1 aromatic heterocycles. The van der Waals surface area contributed by atoms with Crippen molar-refractivity contribution in [3.63, 3.8) is 0 Å². The standard InChI is InChI=1S/C23H21ClF2N2O3/c24-18-5-1-2-7-20(18)30-15-17-8-9-21(31-17)23(29)28-12-10-27(11-13-28)14-16-4-3-6-19(25)22(16)26/h1-9H,10-15H2. The van der Waals surface area contributed by atoms with Crippen LogP contribution in [-0.2, 0) is 13.2 Å². The maximum atomic E-state index is 13.9. The van der Waals surface area contributed by atoms with Gasteiger partial charge in [0.2, 0.25) is 0 Å². The summed E-state index contributed by atoms with van der Waals surface area (Å²) in [5.41, 5.74) is 0.314. The number of piperazine rings is 1. The number of benzene rings is 2. The van der Waals surface area contributed by atoms with Crippen LogP contribution in [0.25, 0.3) is 0 Å². The summed E-state index contributed by atoms with van der Waals surface area (Å²) in [6.45, 7) is 2.53. The molecule has 8 heteroatoms. The van der Waals surface area contributed by atoms with Crippen LogP contribution < -0.4 is 4.74 Å². The maximum Gasteiger partial charge on any atom is 0.289 e. The van der Waals surface area contributed by atoms with Crippen LogP contribution in [0.4, 0.5) is 8.78 Å². The molecular formula is C23H21ClF2N2O3. The number of para-hydroxylation sites is 1. The van der Waals surface area contributed by atoms with Crippen LogP contribution in [-0.4, -0.2) is 41.9 Å². The summed E-state index contributed by atoms with van der Waals surface area (Å²) in [6.07, 6.45) is 0. The Bertz CT molecular complexity index is 1060. The van der Waals surface area contributed by atoms with E-state index in [4.69, 9.17) is 20.8 Å². The number of rotatable bonds is 6. The summed E-state index contributed by atoms with van der Waals surface area (Å²) in [4.78, 5) is 16.4. The second-order valence-corrected chi connectivity index (χ2v) is 7.67. The number of furan rings is 1. The second kappa shape index (κ2) is 9.49. The highest BCUT2D eigenvalue weighted by Crippen LogP contribution is 2.24. The number of ether oxygens (including phenoxy) is 1. The van der Waals surface area contributed by atoms with Crippen LogP contribution in [0.2, 0.25) is 5.02 Å². The lowest BCUT2D eigenvalue weighted by Gasteiger charge is -2.34. The predicted molar refractivity (Wildman–Crippen MR) is 112 cm³/mol. The van der Waals surface area contributed by atoms with Crippen molar-refractivity contribution in [1.29, 1.82) is 0 Å². The normalized spacial score (nSPS) is 14.6. The average Bonchev–Trinajstić information content (AvgIpc) is 3.25. The van der Waals surface area contributed by atoms with E-state index in [0.717, 1.165) is 6.07 Å². The van der Waals surface area contributed by atoms with E-state index in [1.54, 1.807) is 35.2 Å². The van der Waals surface area contributed by atoms with Gasteiger partial charge < -0.3 is 14.1 Å². The smallest absolute Gasteiger partial charge is 0.289 e. The van der Waals surface area contributed by atoms with Crippen molar-refractivity contribution in [2.24, 2.45) is 0 Å². The molecule has 4 rings (SSSR count). The first-order valence-electron chi connectivity index (χ1n) is 9.92. The fourth-order valence-corrected chi connectivity index (χ4v) is 3.65. The van der Waals surface area contributed by atoms with Crippen LogP contribution in [0, 0.1) is 11.6 Å². The molecule has 0 bridgehead atoms. The average molecular weight is 447 g/mol. The van der Waals surface area contributed by atoms with Gasteiger partial charge in [-0.3, -0.25) is 9.69 Å². The van der Waals surface area contributed by atoms with Gasteiger partial charge in [0, 0.05) is 38.3 Å². The van der Waals surface area contributed by atoms with E-state index in [0.29, 0.717) is 54.8 Å². The third-order valence-corrected chi connectivity index (χ3v) is 5.48. The minimum absolute atomic E-state index is 0.157. The fraction of sp³-hybridized carbons (Fsp3) is 0.261. The summed E-state index contributed by atoms with van der Waals surface area (Å²) < 4.78 is 38.6. The molecule has 0 radical (unpaired) electrons. The fourth-order valence-electron chi connectivity index (χ4n) is 3.46. The lowest BCUT2D eigenvalue weighted by atomic mass is 10.1. The minimum atomic E-state index is -0.849. The number of hydrogen-bond acceptors (Lipinski definition) is 4. The van der Waals surface area contributed by atoms with Crippen molar-refractivity contribution in [3.8, 4) is 5.75 Å². The number of hydrogen-bond donors (Lipinski definition) is 0.